The fraction of sp³-hybridized carbons (Fsp3) is 0.0769. The smallest absolute Gasteiger partial charge is 0.255 e. The third kappa shape index (κ3) is 3.20. The van der Waals surface area contributed by atoms with Crippen LogP contribution in [0.1, 0.15) is 16.1 Å². The molecule has 0 saturated carbocycles. The van der Waals surface area contributed by atoms with Crippen LogP contribution in [-0.2, 0) is 6.18 Å². The minimum absolute atomic E-state index is 0.226. The molecule has 0 amide bonds. The largest absolute Gasteiger partial charge is 0.417 e. The van der Waals surface area contributed by atoms with Crippen LogP contribution in [0.15, 0.2) is 35.8 Å². The van der Waals surface area contributed by atoms with E-state index in [0.29, 0.717) is 0 Å². The maximum Gasteiger partial charge on any atom is 0.417 e. The van der Waals surface area contributed by atoms with Gasteiger partial charge in [0.25, 0.3) is 0 Å². The molecule has 2 nitrogen and oxygen atoms in total. The Kier molecular flexibility index (Phi) is 3.67. The molecule has 0 aromatic carbocycles. The molecule has 0 saturated heterocycles. The Morgan fingerprint density at radius 3 is 2.58 bits per heavy atom. The van der Waals surface area contributed by atoms with E-state index in [1.807, 2.05) is 23.6 Å². The SMILES string of the molecule is N#CC(=Cc1cccs1)c1ccc(C(F)(F)F)cn1. The van der Waals surface area contributed by atoms with Gasteiger partial charge in [0, 0.05) is 11.1 Å². The number of halogens is 3. The minimum atomic E-state index is -4.42. The fourth-order valence-electron chi connectivity index (χ4n) is 1.40. The zero-order chi connectivity index (χ0) is 13.9. The lowest BCUT2D eigenvalue weighted by Crippen LogP contribution is -2.05. The molecule has 0 fully saturated rings. The number of nitrogens with zero attached hydrogens (tertiary/aromatic N) is 2. The van der Waals surface area contributed by atoms with Crippen molar-refractivity contribution >= 4 is 23.0 Å². The molecule has 19 heavy (non-hydrogen) atoms. The second-order valence-corrected chi connectivity index (χ2v) is 4.59. The first-order valence-electron chi connectivity index (χ1n) is 5.19. The summed E-state index contributed by atoms with van der Waals surface area (Å²) in [6.07, 6.45) is -2.09. The number of pyridine rings is 1. The van der Waals surface area contributed by atoms with Crippen LogP contribution in [0.25, 0.3) is 11.6 Å². The molecule has 0 N–H and O–H groups in total. The van der Waals surface area contributed by atoms with Gasteiger partial charge in [-0.2, -0.15) is 18.4 Å². The van der Waals surface area contributed by atoms with E-state index in [0.717, 1.165) is 17.1 Å². The molecule has 6 heteroatoms. The lowest BCUT2D eigenvalue weighted by molar-refractivity contribution is -0.137. The monoisotopic (exact) mass is 280 g/mol. The standard InChI is InChI=1S/C13H7F3N2S/c14-13(15,16)10-3-4-12(18-8-10)9(7-17)6-11-2-1-5-19-11/h1-6,8H. The number of allylic oxidation sites excluding steroid dienone is 1. The Bertz CT molecular complexity index is 619. The predicted molar refractivity (Wildman–Crippen MR) is 67.0 cm³/mol. The van der Waals surface area contributed by atoms with Gasteiger partial charge < -0.3 is 0 Å². The molecular weight excluding hydrogens is 273 g/mol. The van der Waals surface area contributed by atoms with E-state index >= 15 is 0 Å². The summed E-state index contributed by atoms with van der Waals surface area (Å²) in [5.41, 5.74) is -0.371. The zero-order valence-electron chi connectivity index (χ0n) is 9.48. The van der Waals surface area contributed by atoms with Crippen LogP contribution in [0.4, 0.5) is 13.2 Å². The average molecular weight is 280 g/mol. The van der Waals surface area contributed by atoms with Crippen molar-refractivity contribution in [1.82, 2.24) is 4.98 Å². The maximum atomic E-state index is 12.4. The Labute approximate surface area is 111 Å². The third-order valence-electron chi connectivity index (χ3n) is 2.32. The molecule has 0 radical (unpaired) electrons. The van der Waals surface area contributed by atoms with Gasteiger partial charge in [0.05, 0.1) is 16.8 Å². The molecule has 2 heterocycles. The number of thiophene rings is 1. The molecule has 96 valence electrons. The predicted octanol–water partition coefficient (Wildman–Crippen LogP) is 4.23. The highest BCUT2D eigenvalue weighted by molar-refractivity contribution is 7.10. The van der Waals surface area contributed by atoms with E-state index in [4.69, 9.17) is 5.26 Å². The summed E-state index contributed by atoms with van der Waals surface area (Å²) < 4.78 is 37.2. The van der Waals surface area contributed by atoms with Crippen LogP contribution < -0.4 is 0 Å². The van der Waals surface area contributed by atoms with Crippen molar-refractivity contribution in [2.75, 3.05) is 0 Å². The topological polar surface area (TPSA) is 36.7 Å². The van der Waals surface area contributed by atoms with Gasteiger partial charge in [-0.1, -0.05) is 6.07 Å². The Hall–Kier alpha value is -2.13. The number of nitriles is 1. The molecule has 2 rings (SSSR count). The first-order valence-corrected chi connectivity index (χ1v) is 6.07. The summed E-state index contributed by atoms with van der Waals surface area (Å²) in [7, 11) is 0. The van der Waals surface area contributed by atoms with Gasteiger partial charge in [-0.05, 0) is 29.7 Å². The Balaban J connectivity index is 2.33. The summed E-state index contributed by atoms with van der Waals surface area (Å²) in [5, 5.41) is 10.9. The highest BCUT2D eigenvalue weighted by Crippen LogP contribution is 2.29. The molecular formula is C13H7F3N2S. The van der Waals surface area contributed by atoms with Crippen molar-refractivity contribution < 1.29 is 13.2 Å². The van der Waals surface area contributed by atoms with E-state index in [-0.39, 0.29) is 11.3 Å². The van der Waals surface area contributed by atoms with E-state index < -0.39 is 11.7 Å². The zero-order valence-corrected chi connectivity index (χ0v) is 10.3. The summed E-state index contributed by atoms with van der Waals surface area (Å²) in [4.78, 5) is 4.54. The first kappa shape index (κ1) is 13.3. The maximum absolute atomic E-state index is 12.4. The molecule has 2 aromatic heterocycles. The van der Waals surface area contributed by atoms with Gasteiger partial charge in [0.2, 0.25) is 0 Å². The van der Waals surface area contributed by atoms with Crippen LogP contribution in [0, 0.1) is 11.3 Å². The molecule has 0 bridgehead atoms. The highest BCUT2D eigenvalue weighted by Gasteiger charge is 2.30. The van der Waals surface area contributed by atoms with Gasteiger partial charge >= 0.3 is 6.18 Å². The highest BCUT2D eigenvalue weighted by atomic mass is 32.1. The van der Waals surface area contributed by atoms with E-state index in [1.165, 1.54) is 17.4 Å². The van der Waals surface area contributed by atoms with Gasteiger partial charge in [-0.3, -0.25) is 4.98 Å². The number of aromatic nitrogens is 1. The molecule has 0 spiro atoms. The molecule has 0 aliphatic heterocycles. The van der Waals surface area contributed by atoms with Crippen molar-refractivity contribution in [3.8, 4) is 6.07 Å². The normalized spacial score (nSPS) is 12.2. The summed E-state index contributed by atoms with van der Waals surface area (Å²) in [6, 6.07) is 7.69. The summed E-state index contributed by atoms with van der Waals surface area (Å²) in [6.45, 7) is 0. The first-order chi connectivity index (χ1) is 9.00. The van der Waals surface area contributed by atoms with Crippen molar-refractivity contribution in [3.63, 3.8) is 0 Å². The fourth-order valence-corrected chi connectivity index (χ4v) is 2.06. The lowest BCUT2D eigenvalue weighted by atomic mass is 10.1. The quantitative estimate of drug-likeness (QED) is 0.772. The number of hydrogen-bond acceptors (Lipinski definition) is 3. The summed E-state index contributed by atoms with van der Waals surface area (Å²) >= 11 is 1.43. The van der Waals surface area contributed by atoms with Crippen LogP contribution in [0.5, 0.6) is 0 Å². The van der Waals surface area contributed by atoms with Gasteiger partial charge in [-0.15, -0.1) is 11.3 Å². The summed E-state index contributed by atoms with van der Waals surface area (Å²) in [5.74, 6) is 0. The second kappa shape index (κ2) is 5.24. The number of alkyl halides is 3. The van der Waals surface area contributed by atoms with E-state index in [2.05, 4.69) is 4.98 Å². The molecule has 0 unspecified atom stereocenters. The Morgan fingerprint density at radius 2 is 2.11 bits per heavy atom. The van der Waals surface area contributed by atoms with Crippen LogP contribution >= 0.6 is 11.3 Å². The van der Waals surface area contributed by atoms with Crippen molar-refractivity contribution in [2.45, 2.75) is 6.18 Å². The minimum Gasteiger partial charge on any atom is -0.255 e. The molecule has 2 aromatic rings. The van der Waals surface area contributed by atoms with Gasteiger partial charge in [-0.25, -0.2) is 0 Å². The number of hydrogen-bond donors (Lipinski definition) is 0. The van der Waals surface area contributed by atoms with Crippen LogP contribution in [0.2, 0.25) is 0 Å². The number of rotatable bonds is 2. The van der Waals surface area contributed by atoms with Gasteiger partial charge in [0.15, 0.2) is 0 Å². The van der Waals surface area contributed by atoms with Crippen LogP contribution in [-0.4, -0.2) is 4.98 Å². The second-order valence-electron chi connectivity index (χ2n) is 3.62. The van der Waals surface area contributed by atoms with Crippen molar-refractivity contribution in [2.24, 2.45) is 0 Å². The van der Waals surface area contributed by atoms with Crippen LogP contribution in [0.3, 0.4) is 0 Å². The lowest BCUT2D eigenvalue weighted by Gasteiger charge is -2.06. The molecule has 0 aliphatic rings. The molecule has 0 aliphatic carbocycles. The Morgan fingerprint density at radius 1 is 1.32 bits per heavy atom. The van der Waals surface area contributed by atoms with Gasteiger partial charge in [0.1, 0.15) is 6.07 Å². The van der Waals surface area contributed by atoms with Crippen molar-refractivity contribution in [1.29, 1.82) is 5.26 Å². The van der Waals surface area contributed by atoms with Crippen molar-refractivity contribution in [3.05, 3.63) is 52.0 Å². The molecule has 0 atom stereocenters. The van der Waals surface area contributed by atoms with E-state index in [9.17, 15) is 13.2 Å². The third-order valence-corrected chi connectivity index (χ3v) is 3.14. The average Bonchev–Trinajstić information content (AvgIpc) is 2.88. The van der Waals surface area contributed by atoms with E-state index in [1.54, 1.807) is 6.08 Å².